The first kappa shape index (κ1) is 52.7. The molecule has 0 rings (SSSR count). The second-order valence-corrected chi connectivity index (χ2v) is 38.6. The van der Waals surface area contributed by atoms with E-state index in [0.717, 1.165) is 24.2 Å². The van der Waals surface area contributed by atoms with Gasteiger partial charge in [-0.3, -0.25) is 14.4 Å². The number of Topliss-reactive ketones (excluding diaryl/α,β-unsaturated/α-hetero) is 2. The highest BCUT2D eigenvalue weighted by molar-refractivity contribution is 6.86. The second kappa shape index (κ2) is 19.9. The van der Waals surface area contributed by atoms with Crippen LogP contribution in [-0.2, 0) is 36.9 Å². The summed E-state index contributed by atoms with van der Waals surface area (Å²) in [6, 6.07) is 3.72. The van der Waals surface area contributed by atoms with Gasteiger partial charge in [0.15, 0.2) is 22.4 Å². The number of esters is 2. The molecule has 0 amide bonds. The van der Waals surface area contributed by atoms with Crippen molar-refractivity contribution in [3.8, 4) is 0 Å². The van der Waals surface area contributed by atoms with Crippen LogP contribution in [0.2, 0.25) is 63.5 Å². The fraction of sp³-hybridized carbons (Fsp3) is 0.800. The summed E-state index contributed by atoms with van der Waals surface area (Å²) < 4.78 is 24.9. The topological polar surface area (TPSA) is 105 Å². The zero-order valence-electron chi connectivity index (χ0n) is 37.3. The molecule has 12 heteroatoms. The van der Waals surface area contributed by atoms with Gasteiger partial charge in [-0.15, -0.1) is 0 Å². The van der Waals surface area contributed by atoms with Crippen LogP contribution in [0.4, 0.5) is 0 Å². The Bertz CT molecular complexity index is 1150. The smallest absolute Gasteiger partial charge is 0.333 e. The summed E-state index contributed by atoms with van der Waals surface area (Å²) in [5.41, 5.74) is 0.860. The van der Waals surface area contributed by atoms with E-state index in [9.17, 15) is 19.2 Å². The third-order valence-corrected chi connectivity index (χ3v) is 23.5. The maximum absolute atomic E-state index is 12.3. The van der Waals surface area contributed by atoms with E-state index in [2.05, 4.69) is 136 Å². The van der Waals surface area contributed by atoms with Gasteiger partial charge in [-0.1, -0.05) is 96.2 Å². The summed E-state index contributed by atoms with van der Waals surface area (Å²) >= 11 is 0. The number of ketones is 2. The molecule has 304 valence electrons. The monoisotopic (exact) mass is 800 g/mol. The van der Waals surface area contributed by atoms with Gasteiger partial charge in [-0.05, 0) is 105 Å². The Labute approximate surface area is 324 Å². The highest BCUT2D eigenvalue weighted by Crippen LogP contribution is 2.40. The molecule has 0 saturated carbocycles. The predicted octanol–water partition coefficient (Wildman–Crippen LogP) is 11.0. The molecular formula is C40H80O8Si4. The van der Waals surface area contributed by atoms with Crippen molar-refractivity contribution >= 4 is 56.8 Å². The quantitative estimate of drug-likeness (QED) is 0.0766. The van der Waals surface area contributed by atoms with Crippen LogP contribution in [0.3, 0.4) is 0 Å². The van der Waals surface area contributed by atoms with Crippen molar-refractivity contribution in [2.45, 2.75) is 173 Å². The van der Waals surface area contributed by atoms with Gasteiger partial charge in [-0.25, -0.2) is 4.79 Å². The molecule has 52 heavy (non-hydrogen) atoms. The highest BCUT2D eigenvalue weighted by atomic mass is 28.4. The van der Waals surface area contributed by atoms with Crippen molar-refractivity contribution < 1.29 is 36.9 Å². The molecule has 0 heterocycles. The van der Waals surface area contributed by atoms with Crippen molar-refractivity contribution in [2.75, 3.05) is 12.5 Å². The molecule has 0 bridgehead atoms. The molecule has 0 aliphatic rings. The lowest BCUT2D eigenvalue weighted by molar-refractivity contribution is -0.142. The molecule has 0 aromatic heterocycles. The minimum Gasteiger partial charge on any atom is -0.466 e. The molecule has 0 unspecified atom stereocenters. The SMILES string of the molecule is C=C(CC(=O)OC[Si](CC(C)(C)C)(CC(C)(C)C)O[Si](C)(C)C)C(C)=O.C=C(CC(C)=O)C(=O)OC[Si](CC(C)(C)C)(CC(C)(C)C)O[Si](C)(C)C. The van der Waals surface area contributed by atoms with Crippen LogP contribution in [-0.4, -0.2) is 69.2 Å². The van der Waals surface area contributed by atoms with E-state index in [4.69, 9.17) is 17.7 Å². The number of carbonyl (C=O) groups excluding carboxylic acids is 4. The number of rotatable bonds is 18. The largest absolute Gasteiger partial charge is 0.466 e. The first-order valence-electron chi connectivity index (χ1n) is 18.8. The molecule has 8 nitrogen and oxygen atoms in total. The normalized spacial score (nSPS) is 13.5. The molecule has 0 saturated heterocycles. The molecular weight excluding hydrogens is 721 g/mol. The van der Waals surface area contributed by atoms with E-state index in [1.807, 2.05) is 0 Å². The summed E-state index contributed by atoms with van der Waals surface area (Å²) in [5.74, 6) is -1.12. The van der Waals surface area contributed by atoms with Gasteiger partial charge in [0, 0.05) is 12.0 Å². The van der Waals surface area contributed by atoms with Crippen LogP contribution in [0, 0.1) is 21.7 Å². The third-order valence-electron chi connectivity index (χ3n) is 7.02. The maximum atomic E-state index is 12.3. The third kappa shape index (κ3) is 28.1. The lowest BCUT2D eigenvalue weighted by atomic mass is 10.00. The number of hydrogen-bond donors (Lipinski definition) is 0. The Hall–Kier alpha value is -1.45. The van der Waals surface area contributed by atoms with Crippen molar-refractivity contribution in [1.29, 1.82) is 0 Å². The fourth-order valence-electron chi connectivity index (χ4n) is 6.93. The Kier molecular flexibility index (Phi) is 20.2. The van der Waals surface area contributed by atoms with E-state index >= 15 is 0 Å². The summed E-state index contributed by atoms with van der Waals surface area (Å²) in [6.45, 7) is 49.9. The van der Waals surface area contributed by atoms with Gasteiger partial charge in [0.2, 0.25) is 16.6 Å². The van der Waals surface area contributed by atoms with E-state index in [1.165, 1.54) is 13.8 Å². The summed E-state index contributed by atoms with van der Waals surface area (Å²) in [5, 5.41) is 0. The average Bonchev–Trinajstić information content (AvgIpc) is 2.79. The molecule has 0 N–H and O–H groups in total. The van der Waals surface area contributed by atoms with Crippen molar-refractivity contribution in [3.05, 3.63) is 24.3 Å². The van der Waals surface area contributed by atoms with E-state index in [1.54, 1.807) is 0 Å². The van der Waals surface area contributed by atoms with E-state index in [0.29, 0.717) is 18.0 Å². The molecule has 0 atom stereocenters. The number of carbonyl (C=O) groups is 4. The minimum atomic E-state index is -2.36. The van der Waals surface area contributed by atoms with Crippen LogP contribution < -0.4 is 0 Å². The minimum absolute atomic E-state index is 0.0425. The van der Waals surface area contributed by atoms with E-state index in [-0.39, 0.29) is 57.6 Å². The highest BCUT2D eigenvalue weighted by Gasteiger charge is 2.47. The molecule has 0 aromatic rings. The van der Waals surface area contributed by atoms with Gasteiger partial charge in [0.25, 0.3) is 0 Å². The van der Waals surface area contributed by atoms with Gasteiger partial charge in [0.1, 0.15) is 18.2 Å². The molecule has 0 fully saturated rings. The first-order chi connectivity index (χ1) is 22.7. The van der Waals surface area contributed by atoms with Crippen LogP contribution in [0.5, 0.6) is 0 Å². The number of hydrogen-bond acceptors (Lipinski definition) is 8. The Morgan fingerprint density at radius 2 is 0.808 bits per heavy atom. The Morgan fingerprint density at radius 1 is 0.500 bits per heavy atom. The summed E-state index contributed by atoms with van der Waals surface area (Å²) in [4.78, 5) is 47.1. The van der Waals surface area contributed by atoms with Crippen molar-refractivity contribution in [3.63, 3.8) is 0 Å². The maximum Gasteiger partial charge on any atom is 0.333 e. The van der Waals surface area contributed by atoms with Crippen molar-refractivity contribution in [2.24, 2.45) is 21.7 Å². The Morgan fingerprint density at radius 3 is 1.06 bits per heavy atom. The second-order valence-electron chi connectivity index (χ2n) is 21.8. The standard InChI is InChI=1S/2C20H40O4Si2/c1-16(17(2)21)12-18(22)23-15-26(13-19(3,4)5,14-20(6,7)8)24-25(9,10)11;1-16(12-17(2)21)18(22)23-15-26(13-19(3,4)5,14-20(6,7)8)24-25(9,10)11/h2*1,12-15H2,2-11H3. The fourth-order valence-corrected chi connectivity index (χ4v) is 28.2. The molecule has 0 aliphatic carbocycles. The molecule has 0 aromatic carbocycles. The van der Waals surface area contributed by atoms with Crippen LogP contribution >= 0.6 is 0 Å². The average molecular weight is 801 g/mol. The molecule has 0 radical (unpaired) electrons. The van der Waals surface area contributed by atoms with Gasteiger partial charge >= 0.3 is 11.9 Å². The lowest BCUT2D eigenvalue weighted by Crippen LogP contribution is -2.55. The first-order valence-corrected chi connectivity index (χ1v) is 30.7. The van der Waals surface area contributed by atoms with Gasteiger partial charge in [0.05, 0.1) is 6.42 Å². The van der Waals surface area contributed by atoms with E-state index < -0.39 is 39.2 Å². The summed E-state index contributed by atoms with van der Waals surface area (Å²) in [6.07, 6.45) is 0.663. The lowest BCUT2D eigenvalue weighted by Gasteiger charge is -2.43. The molecule has 0 spiro atoms. The van der Waals surface area contributed by atoms with Crippen LogP contribution in [0.15, 0.2) is 24.3 Å². The van der Waals surface area contributed by atoms with Gasteiger partial charge < -0.3 is 17.7 Å². The predicted molar refractivity (Wildman–Crippen MR) is 228 cm³/mol. The zero-order valence-corrected chi connectivity index (χ0v) is 41.3. The molecule has 0 aliphatic heterocycles. The Balaban J connectivity index is 0. The van der Waals surface area contributed by atoms with Crippen LogP contribution in [0.25, 0.3) is 0 Å². The summed E-state index contributed by atoms with van der Waals surface area (Å²) in [7, 11) is -8.34. The number of ether oxygens (including phenoxy) is 2. The van der Waals surface area contributed by atoms with Gasteiger partial charge in [-0.2, -0.15) is 0 Å². The van der Waals surface area contributed by atoms with Crippen LogP contribution in [0.1, 0.15) is 110 Å². The zero-order chi connectivity index (χ0) is 41.9. The van der Waals surface area contributed by atoms with Crippen molar-refractivity contribution in [1.82, 2.24) is 0 Å².